The topological polar surface area (TPSA) is 3.24 Å². The first kappa shape index (κ1) is 31.4. The molecule has 10 aromatic carbocycles. The molecule has 11 aromatic rings. The van der Waals surface area contributed by atoms with E-state index in [4.69, 9.17) is 0 Å². The molecule has 0 radical (unpaired) electrons. The molecule has 1 aromatic heterocycles. The van der Waals surface area contributed by atoms with E-state index in [1.807, 2.05) is 11.3 Å². The number of nitrogens with zero attached hydrogens (tertiary/aromatic N) is 1. The third kappa shape index (κ3) is 4.60. The first-order valence-electron chi connectivity index (χ1n) is 19.3. The summed E-state index contributed by atoms with van der Waals surface area (Å²) in [6, 6.07) is 74.5. The molecule has 260 valence electrons. The number of hydrogen-bond acceptors (Lipinski definition) is 2. The molecule has 0 aliphatic carbocycles. The van der Waals surface area contributed by atoms with E-state index in [0.717, 1.165) is 5.69 Å². The Kier molecular flexibility index (Phi) is 6.87. The van der Waals surface area contributed by atoms with Crippen molar-refractivity contribution in [3.8, 4) is 22.3 Å². The number of hydrogen-bond donors (Lipinski definition) is 0. The third-order valence-electron chi connectivity index (χ3n) is 11.8. The van der Waals surface area contributed by atoms with E-state index >= 15 is 0 Å². The largest absolute Gasteiger partial charge is 0.309 e. The van der Waals surface area contributed by atoms with Crippen LogP contribution in [0, 0.1) is 0 Å². The number of rotatable bonds is 1. The highest BCUT2D eigenvalue weighted by Gasteiger charge is 2.26. The van der Waals surface area contributed by atoms with Gasteiger partial charge in [-0.25, -0.2) is 0 Å². The van der Waals surface area contributed by atoms with Crippen LogP contribution in [-0.2, 0) is 0 Å². The van der Waals surface area contributed by atoms with Crippen molar-refractivity contribution in [2.24, 2.45) is 0 Å². The van der Waals surface area contributed by atoms with Crippen molar-refractivity contribution in [1.29, 1.82) is 0 Å². The fourth-order valence-electron chi connectivity index (χ4n) is 9.36. The van der Waals surface area contributed by atoms with Crippen LogP contribution >= 0.6 is 11.3 Å². The molecule has 1 aliphatic heterocycles. The van der Waals surface area contributed by atoms with E-state index in [9.17, 15) is 0 Å². The van der Waals surface area contributed by atoms with E-state index in [1.54, 1.807) is 0 Å². The van der Waals surface area contributed by atoms with Gasteiger partial charge in [0, 0.05) is 37.0 Å². The molecule has 1 aliphatic rings. The second-order valence-corrected chi connectivity index (χ2v) is 15.9. The Balaban J connectivity index is 1.31. The number of anilines is 3. The molecule has 1 nitrogen and oxygen atoms in total. The lowest BCUT2D eigenvalue weighted by molar-refractivity contribution is 1.30. The number of para-hydroxylation sites is 2. The van der Waals surface area contributed by atoms with Crippen molar-refractivity contribution in [2.45, 2.75) is 0 Å². The molecule has 0 amide bonds. The highest BCUT2D eigenvalue weighted by atomic mass is 32.1. The second-order valence-electron chi connectivity index (χ2n) is 14.8. The third-order valence-corrected chi connectivity index (χ3v) is 12.9. The zero-order valence-corrected chi connectivity index (χ0v) is 31.2. The quantitative estimate of drug-likeness (QED) is 0.163. The molecule has 0 spiro atoms. The summed E-state index contributed by atoms with van der Waals surface area (Å²) in [7, 11) is 0. The van der Waals surface area contributed by atoms with Crippen molar-refractivity contribution in [3.05, 3.63) is 200 Å². The standard InChI is InChI=1S/C54H33NS/c1-2-16-36-35(15-1)37-17-3-7-21-41(37)47-31-34(55-51-26-12-9-23-44(51)39-19-5-6-20-40(39)45-24-10-13-27-52(45)55)29-30-43(47)48-32-50-46-25-11-14-28-53(46)56-54(50)33-49(48)42-22-8-4-18-38(36)42/h1-33H. The van der Waals surface area contributed by atoms with Gasteiger partial charge in [0.2, 0.25) is 0 Å². The summed E-state index contributed by atoms with van der Waals surface area (Å²) in [6.45, 7) is 0. The normalized spacial score (nSPS) is 12.2. The summed E-state index contributed by atoms with van der Waals surface area (Å²) in [5.74, 6) is 0. The van der Waals surface area contributed by atoms with Gasteiger partial charge in [-0.15, -0.1) is 11.3 Å². The van der Waals surface area contributed by atoms with Crippen LogP contribution in [-0.4, -0.2) is 0 Å². The SMILES string of the molecule is c1ccc2c(c1)-c1ccccc1N(c1ccc3c(c1)c1ccccc1c1ccccc1c1ccccc1c1cc4sc5ccccc5c4cc31)c1ccccc1-2. The van der Waals surface area contributed by atoms with Crippen molar-refractivity contribution in [3.63, 3.8) is 0 Å². The summed E-state index contributed by atoms with van der Waals surface area (Å²) in [5, 5.41) is 15.0. The van der Waals surface area contributed by atoms with Crippen molar-refractivity contribution >= 4 is 102 Å². The van der Waals surface area contributed by atoms with E-state index < -0.39 is 0 Å². The van der Waals surface area contributed by atoms with Crippen molar-refractivity contribution in [1.82, 2.24) is 0 Å². The van der Waals surface area contributed by atoms with Gasteiger partial charge in [0.1, 0.15) is 0 Å². The smallest absolute Gasteiger partial charge is 0.0540 e. The Morgan fingerprint density at radius 2 is 0.643 bits per heavy atom. The van der Waals surface area contributed by atoms with Gasteiger partial charge >= 0.3 is 0 Å². The summed E-state index contributed by atoms with van der Waals surface area (Å²) in [6.07, 6.45) is 0. The van der Waals surface area contributed by atoms with Crippen LogP contribution in [0.3, 0.4) is 0 Å². The number of thiophene rings is 1. The van der Waals surface area contributed by atoms with Gasteiger partial charge in [-0.2, -0.15) is 0 Å². The average molecular weight is 728 g/mol. The molecule has 2 heteroatoms. The molecule has 0 unspecified atom stereocenters. The van der Waals surface area contributed by atoms with E-state index in [1.165, 1.54) is 108 Å². The van der Waals surface area contributed by atoms with Gasteiger partial charge < -0.3 is 4.90 Å². The van der Waals surface area contributed by atoms with Gasteiger partial charge in [0.05, 0.1) is 11.4 Å². The summed E-state index contributed by atoms with van der Waals surface area (Å²) in [4.78, 5) is 2.48. The molecule has 56 heavy (non-hydrogen) atoms. The highest BCUT2D eigenvalue weighted by molar-refractivity contribution is 7.25. The summed E-state index contributed by atoms with van der Waals surface area (Å²) in [5.41, 5.74) is 8.41. The maximum Gasteiger partial charge on any atom is 0.0540 e. The zero-order chi connectivity index (χ0) is 36.7. The van der Waals surface area contributed by atoms with Crippen LogP contribution in [0.25, 0.3) is 96.3 Å². The monoisotopic (exact) mass is 727 g/mol. The minimum atomic E-state index is 1.13. The Labute approximate surface area is 328 Å². The lowest BCUT2D eigenvalue weighted by atomic mass is 9.93. The molecule has 0 fully saturated rings. The molecule has 0 saturated carbocycles. The highest BCUT2D eigenvalue weighted by Crippen LogP contribution is 2.51. The summed E-state index contributed by atoms with van der Waals surface area (Å²) >= 11 is 1.88. The fraction of sp³-hybridized carbons (Fsp3) is 0. The average Bonchev–Trinajstić information content (AvgIpc) is 3.58. The molecule has 0 atom stereocenters. The molecule has 0 saturated heterocycles. The molecular weight excluding hydrogens is 695 g/mol. The van der Waals surface area contributed by atoms with E-state index in [2.05, 4.69) is 205 Å². The maximum atomic E-state index is 2.48. The van der Waals surface area contributed by atoms with Crippen molar-refractivity contribution in [2.75, 3.05) is 4.90 Å². The van der Waals surface area contributed by atoms with Crippen LogP contribution in [0.5, 0.6) is 0 Å². The first-order valence-corrected chi connectivity index (χ1v) is 20.1. The Bertz CT molecular complexity index is 3430. The van der Waals surface area contributed by atoms with Crippen LogP contribution in [0.2, 0.25) is 0 Å². The van der Waals surface area contributed by atoms with Crippen LogP contribution in [0.4, 0.5) is 17.1 Å². The van der Waals surface area contributed by atoms with Gasteiger partial charge in [-0.1, -0.05) is 158 Å². The van der Waals surface area contributed by atoms with Gasteiger partial charge in [0.15, 0.2) is 0 Å². The summed E-state index contributed by atoms with van der Waals surface area (Å²) < 4.78 is 2.62. The predicted molar refractivity (Wildman–Crippen MR) is 244 cm³/mol. The van der Waals surface area contributed by atoms with Crippen LogP contribution < -0.4 is 4.90 Å². The van der Waals surface area contributed by atoms with Gasteiger partial charge in [-0.3, -0.25) is 0 Å². The van der Waals surface area contributed by atoms with Crippen LogP contribution in [0.1, 0.15) is 0 Å². The molecular formula is C54H33NS. The minimum absolute atomic E-state index is 1.13. The molecule has 0 bridgehead atoms. The van der Waals surface area contributed by atoms with Crippen LogP contribution in [0.15, 0.2) is 200 Å². The van der Waals surface area contributed by atoms with E-state index in [-0.39, 0.29) is 0 Å². The first-order chi connectivity index (χ1) is 27.8. The van der Waals surface area contributed by atoms with Gasteiger partial charge in [0.25, 0.3) is 0 Å². The second kappa shape index (κ2) is 12.3. The van der Waals surface area contributed by atoms with E-state index in [0.29, 0.717) is 0 Å². The predicted octanol–water partition coefficient (Wildman–Crippen LogP) is 16.1. The maximum absolute atomic E-state index is 2.48. The zero-order valence-electron chi connectivity index (χ0n) is 30.4. The Hall–Kier alpha value is -7.00. The number of fused-ring (bicyclic) bond motifs is 18. The molecule has 2 heterocycles. The lowest BCUT2D eigenvalue weighted by Crippen LogP contribution is -2.10. The number of benzene rings is 9. The molecule has 0 N–H and O–H groups in total. The Morgan fingerprint density at radius 3 is 1.20 bits per heavy atom. The Morgan fingerprint density at radius 1 is 0.250 bits per heavy atom. The van der Waals surface area contributed by atoms with Gasteiger partial charge in [-0.05, 0) is 107 Å². The fourth-order valence-corrected chi connectivity index (χ4v) is 10.5. The minimum Gasteiger partial charge on any atom is -0.309 e. The molecule has 12 rings (SSSR count). The van der Waals surface area contributed by atoms with Crippen molar-refractivity contribution < 1.29 is 0 Å². The lowest BCUT2D eigenvalue weighted by Gasteiger charge is -2.27.